The lowest BCUT2D eigenvalue weighted by molar-refractivity contribution is -0.135. The summed E-state index contributed by atoms with van der Waals surface area (Å²) < 4.78 is 5.61. The number of rotatable bonds is 6. The van der Waals surface area contributed by atoms with Crippen molar-refractivity contribution in [1.29, 1.82) is 0 Å². The summed E-state index contributed by atoms with van der Waals surface area (Å²) in [6, 6.07) is 18.4. The Kier molecular flexibility index (Phi) is 7.26. The lowest BCUT2D eigenvalue weighted by Crippen LogP contribution is -2.53. The van der Waals surface area contributed by atoms with Gasteiger partial charge in [0.1, 0.15) is 5.75 Å². The number of piperazine rings is 1. The highest BCUT2D eigenvalue weighted by molar-refractivity contribution is 6.30. The van der Waals surface area contributed by atoms with Crippen LogP contribution in [-0.2, 0) is 11.3 Å². The highest BCUT2D eigenvalue weighted by Gasteiger charge is 2.29. The third-order valence-corrected chi connectivity index (χ3v) is 6.42. The quantitative estimate of drug-likeness (QED) is 0.706. The van der Waals surface area contributed by atoms with Crippen LogP contribution in [-0.4, -0.2) is 72.5 Å². The van der Waals surface area contributed by atoms with Gasteiger partial charge in [0, 0.05) is 56.9 Å². The summed E-state index contributed by atoms with van der Waals surface area (Å²) in [5, 5.41) is 0.664. The SMILES string of the molecule is O=C(COc1ccc(Cl)cc1)N1CCC(N2CCN(Cc3ccccc3)CC2)CC1. The second kappa shape index (κ2) is 10.3. The lowest BCUT2D eigenvalue weighted by Gasteiger charge is -2.42. The molecule has 4 rings (SSSR count). The molecular formula is C24H30ClN3O2. The zero-order valence-electron chi connectivity index (χ0n) is 17.4. The Morgan fingerprint density at radius 1 is 0.900 bits per heavy atom. The van der Waals surface area contributed by atoms with E-state index in [1.165, 1.54) is 5.56 Å². The van der Waals surface area contributed by atoms with Crippen LogP contribution in [0, 0.1) is 0 Å². The molecule has 1 amide bonds. The van der Waals surface area contributed by atoms with Crippen LogP contribution in [0.2, 0.25) is 5.02 Å². The largest absolute Gasteiger partial charge is 0.484 e. The highest BCUT2D eigenvalue weighted by Crippen LogP contribution is 2.20. The topological polar surface area (TPSA) is 36.0 Å². The fourth-order valence-electron chi connectivity index (χ4n) is 4.38. The lowest BCUT2D eigenvalue weighted by atomic mass is 10.0. The van der Waals surface area contributed by atoms with Crippen molar-refractivity contribution in [3.8, 4) is 5.75 Å². The smallest absolute Gasteiger partial charge is 0.260 e. The Labute approximate surface area is 184 Å². The first-order chi connectivity index (χ1) is 14.7. The number of carbonyl (C=O) groups is 1. The number of halogens is 1. The summed E-state index contributed by atoms with van der Waals surface area (Å²) in [7, 11) is 0. The third-order valence-electron chi connectivity index (χ3n) is 6.17. The number of likely N-dealkylation sites (tertiary alicyclic amines) is 1. The fraction of sp³-hybridized carbons (Fsp3) is 0.458. The molecule has 2 saturated heterocycles. The number of piperidine rings is 1. The van der Waals surface area contributed by atoms with Gasteiger partial charge in [-0.25, -0.2) is 0 Å². The van der Waals surface area contributed by atoms with Crippen molar-refractivity contribution in [1.82, 2.24) is 14.7 Å². The van der Waals surface area contributed by atoms with Crippen LogP contribution in [0.25, 0.3) is 0 Å². The molecule has 2 aromatic carbocycles. The number of benzene rings is 2. The van der Waals surface area contributed by atoms with Gasteiger partial charge in [0.25, 0.3) is 5.91 Å². The molecule has 0 unspecified atom stereocenters. The average molecular weight is 428 g/mol. The Morgan fingerprint density at radius 3 is 2.23 bits per heavy atom. The van der Waals surface area contributed by atoms with Gasteiger partial charge in [-0.05, 0) is 42.7 Å². The van der Waals surface area contributed by atoms with E-state index in [-0.39, 0.29) is 12.5 Å². The van der Waals surface area contributed by atoms with Crippen molar-refractivity contribution >= 4 is 17.5 Å². The van der Waals surface area contributed by atoms with Crippen molar-refractivity contribution in [2.75, 3.05) is 45.9 Å². The third kappa shape index (κ3) is 5.75. The monoisotopic (exact) mass is 427 g/mol. The molecule has 2 heterocycles. The molecule has 0 saturated carbocycles. The molecular weight excluding hydrogens is 398 g/mol. The summed E-state index contributed by atoms with van der Waals surface area (Å²) >= 11 is 5.88. The summed E-state index contributed by atoms with van der Waals surface area (Å²) in [5.74, 6) is 0.743. The van der Waals surface area contributed by atoms with Crippen LogP contribution in [0.3, 0.4) is 0 Å². The molecule has 0 atom stereocenters. The molecule has 0 aromatic heterocycles. The molecule has 160 valence electrons. The normalized spacial score (nSPS) is 19.0. The first-order valence-corrected chi connectivity index (χ1v) is 11.2. The maximum absolute atomic E-state index is 12.5. The van der Waals surface area contributed by atoms with Gasteiger partial charge >= 0.3 is 0 Å². The molecule has 2 fully saturated rings. The standard InChI is InChI=1S/C24H30ClN3O2/c25-21-6-8-23(9-7-21)30-19-24(29)28-12-10-22(11-13-28)27-16-14-26(15-17-27)18-20-4-2-1-3-5-20/h1-9,22H,10-19H2. The number of hydrogen-bond acceptors (Lipinski definition) is 4. The fourth-order valence-corrected chi connectivity index (χ4v) is 4.50. The summed E-state index contributed by atoms with van der Waals surface area (Å²) in [5.41, 5.74) is 1.39. The van der Waals surface area contributed by atoms with E-state index < -0.39 is 0 Å². The molecule has 2 aromatic rings. The number of hydrogen-bond donors (Lipinski definition) is 0. The number of amides is 1. The zero-order chi connectivity index (χ0) is 20.8. The maximum atomic E-state index is 12.5. The van der Waals surface area contributed by atoms with Crippen LogP contribution in [0.15, 0.2) is 54.6 Å². The first-order valence-electron chi connectivity index (χ1n) is 10.8. The molecule has 30 heavy (non-hydrogen) atoms. The van der Waals surface area contributed by atoms with E-state index in [9.17, 15) is 4.79 Å². The average Bonchev–Trinajstić information content (AvgIpc) is 2.80. The van der Waals surface area contributed by atoms with Crippen LogP contribution >= 0.6 is 11.6 Å². The molecule has 0 bridgehead atoms. The van der Waals surface area contributed by atoms with E-state index in [0.717, 1.165) is 58.7 Å². The zero-order valence-corrected chi connectivity index (χ0v) is 18.1. The van der Waals surface area contributed by atoms with E-state index in [0.29, 0.717) is 16.8 Å². The minimum absolute atomic E-state index is 0.0658. The highest BCUT2D eigenvalue weighted by atomic mass is 35.5. The van der Waals surface area contributed by atoms with Crippen molar-refractivity contribution in [2.24, 2.45) is 0 Å². The molecule has 2 aliphatic rings. The minimum Gasteiger partial charge on any atom is -0.484 e. The van der Waals surface area contributed by atoms with Crippen LogP contribution in [0.1, 0.15) is 18.4 Å². The van der Waals surface area contributed by atoms with Gasteiger partial charge < -0.3 is 9.64 Å². The van der Waals surface area contributed by atoms with E-state index in [1.54, 1.807) is 24.3 Å². The van der Waals surface area contributed by atoms with Crippen molar-refractivity contribution < 1.29 is 9.53 Å². The predicted molar refractivity (Wildman–Crippen MR) is 120 cm³/mol. The summed E-state index contributed by atoms with van der Waals surface area (Å²) in [4.78, 5) is 19.6. The van der Waals surface area contributed by atoms with Crippen molar-refractivity contribution in [3.63, 3.8) is 0 Å². The molecule has 0 N–H and O–H groups in total. The molecule has 5 nitrogen and oxygen atoms in total. The van der Waals surface area contributed by atoms with Gasteiger partial charge in [0.05, 0.1) is 0 Å². The van der Waals surface area contributed by atoms with Gasteiger partial charge in [-0.15, -0.1) is 0 Å². The maximum Gasteiger partial charge on any atom is 0.260 e. The first kappa shape index (κ1) is 21.2. The van der Waals surface area contributed by atoms with E-state index in [1.807, 2.05) is 4.90 Å². The predicted octanol–water partition coefficient (Wildman–Crippen LogP) is 3.53. The molecule has 0 radical (unpaired) electrons. The second-order valence-corrected chi connectivity index (χ2v) is 8.59. The molecule has 0 aliphatic carbocycles. The number of ether oxygens (including phenoxy) is 1. The summed E-state index contributed by atoms with van der Waals surface area (Å²) in [6.45, 7) is 7.22. The van der Waals surface area contributed by atoms with Gasteiger partial charge in [-0.2, -0.15) is 0 Å². The van der Waals surface area contributed by atoms with Crippen LogP contribution < -0.4 is 4.74 Å². The van der Waals surface area contributed by atoms with Gasteiger partial charge in [-0.1, -0.05) is 41.9 Å². The van der Waals surface area contributed by atoms with Crippen LogP contribution in [0.5, 0.6) is 5.75 Å². The van der Waals surface area contributed by atoms with Gasteiger partial charge in [-0.3, -0.25) is 14.6 Å². The molecule has 6 heteroatoms. The van der Waals surface area contributed by atoms with E-state index in [4.69, 9.17) is 16.3 Å². The second-order valence-electron chi connectivity index (χ2n) is 8.15. The number of carbonyl (C=O) groups excluding carboxylic acids is 1. The van der Waals surface area contributed by atoms with E-state index in [2.05, 4.69) is 40.1 Å². The molecule has 0 spiro atoms. The Balaban J connectivity index is 1.16. The van der Waals surface area contributed by atoms with Gasteiger partial charge in [0.15, 0.2) is 6.61 Å². The van der Waals surface area contributed by atoms with Gasteiger partial charge in [0.2, 0.25) is 0 Å². The Morgan fingerprint density at radius 2 is 1.57 bits per heavy atom. The van der Waals surface area contributed by atoms with Crippen molar-refractivity contribution in [2.45, 2.75) is 25.4 Å². The van der Waals surface area contributed by atoms with E-state index >= 15 is 0 Å². The minimum atomic E-state index is 0.0658. The van der Waals surface area contributed by atoms with Crippen molar-refractivity contribution in [3.05, 3.63) is 65.2 Å². The Hall–Kier alpha value is -2.08. The van der Waals surface area contributed by atoms with Crippen LogP contribution in [0.4, 0.5) is 0 Å². The summed E-state index contributed by atoms with van der Waals surface area (Å²) in [6.07, 6.45) is 2.09. The Bertz CT molecular complexity index is 799. The molecule has 2 aliphatic heterocycles. The number of nitrogens with zero attached hydrogens (tertiary/aromatic N) is 3.